The van der Waals surface area contributed by atoms with E-state index in [-0.39, 0.29) is 18.2 Å². The molecule has 2 aromatic carbocycles. The Morgan fingerprint density at radius 2 is 1.88 bits per heavy atom. The van der Waals surface area contributed by atoms with Crippen LogP contribution in [0.15, 0.2) is 57.9 Å². The van der Waals surface area contributed by atoms with Crippen LogP contribution in [0.25, 0.3) is 10.8 Å². The summed E-state index contributed by atoms with van der Waals surface area (Å²) in [6.45, 7) is 3.60. The van der Waals surface area contributed by atoms with Crippen LogP contribution in [0.3, 0.4) is 0 Å². The van der Waals surface area contributed by atoms with Crippen LogP contribution in [0.2, 0.25) is 0 Å². The van der Waals surface area contributed by atoms with Gasteiger partial charge in [0.1, 0.15) is 6.04 Å². The van der Waals surface area contributed by atoms with Gasteiger partial charge in [-0.05, 0) is 29.5 Å². The van der Waals surface area contributed by atoms with Crippen molar-refractivity contribution in [1.82, 2.24) is 4.90 Å². The number of rotatable bonds is 6. The maximum atomic E-state index is 12.5. The van der Waals surface area contributed by atoms with Gasteiger partial charge in [-0.2, -0.15) is 5.11 Å². The minimum atomic E-state index is -0.458. The number of nitrogens with one attached hydrogen (secondary N) is 1. The lowest BCUT2D eigenvalue weighted by molar-refractivity contribution is -0.0113. The van der Waals surface area contributed by atoms with Crippen molar-refractivity contribution >= 4 is 28.3 Å². The summed E-state index contributed by atoms with van der Waals surface area (Å²) in [7, 11) is 0. The third kappa shape index (κ3) is 4.63. The Balaban J connectivity index is 1.21. The Bertz CT molecular complexity index is 1040. The van der Waals surface area contributed by atoms with Gasteiger partial charge in [-0.15, -0.1) is 5.10 Å². The Hall–Kier alpha value is -2.84. The average molecular weight is 450 g/mol. The van der Waals surface area contributed by atoms with E-state index in [9.17, 15) is 4.79 Å². The molecule has 2 aromatic rings. The number of ether oxygens (including phenoxy) is 2. The van der Waals surface area contributed by atoms with Gasteiger partial charge in [0.25, 0.3) is 0 Å². The number of morpholine rings is 1. The van der Waals surface area contributed by atoms with Crippen molar-refractivity contribution in [2.75, 3.05) is 38.2 Å². The summed E-state index contributed by atoms with van der Waals surface area (Å²) in [6.07, 6.45) is 5.92. The molecule has 8 heteroatoms. The smallest absolute Gasteiger partial charge is 0.411 e. The van der Waals surface area contributed by atoms with E-state index in [2.05, 4.69) is 25.7 Å². The van der Waals surface area contributed by atoms with Crippen molar-refractivity contribution in [3.05, 3.63) is 42.5 Å². The van der Waals surface area contributed by atoms with Crippen molar-refractivity contribution in [3.8, 4) is 0 Å². The van der Waals surface area contributed by atoms with Gasteiger partial charge in [0.15, 0.2) is 0 Å². The molecular formula is C25H31N5O3. The van der Waals surface area contributed by atoms with Crippen molar-refractivity contribution in [2.24, 2.45) is 15.4 Å². The second-order valence-corrected chi connectivity index (χ2v) is 8.97. The fraction of sp³-hybridized carbons (Fsp3) is 0.520. The van der Waals surface area contributed by atoms with Gasteiger partial charge in [-0.25, -0.2) is 4.79 Å². The molecule has 1 unspecified atom stereocenters. The number of carbonyl (C=O) groups excluding carboxylic acids is 1. The normalized spacial score (nSPS) is 22.8. The molecule has 5 rings (SSSR count). The Kier molecular flexibility index (Phi) is 6.64. The second-order valence-electron chi connectivity index (χ2n) is 8.97. The van der Waals surface area contributed by atoms with Crippen LogP contribution in [-0.2, 0) is 9.47 Å². The first kappa shape index (κ1) is 22.0. The van der Waals surface area contributed by atoms with Gasteiger partial charge in [0, 0.05) is 24.9 Å². The molecule has 1 aliphatic carbocycles. The molecule has 1 saturated heterocycles. The van der Waals surface area contributed by atoms with Crippen LogP contribution in [0.4, 0.5) is 10.5 Å². The zero-order valence-corrected chi connectivity index (χ0v) is 18.9. The number of nitrogens with zero attached hydrogens (tertiary/aromatic N) is 4. The lowest BCUT2D eigenvalue weighted by Crippen LogP contribution is -2.61. The standard InChI is InChI=1S/C25H31N5O3/c31-24(26-21-10-6-8-19-7-2-3-9-20(19)21)33-16-11-22-23(28-29-27-22)25(12-4-1-5-13-25)30-14-17-32-18-15-30/h2-3,6-10,22H,1,4-5,11-18H2,(H,26,31). The molecule has 8 nitrogen and oxygen atoms in total. The maximum Gasteiger partial charge on any atom is 0.411 e. The molecule has 1 saturated carbocycles. The molecule has 1 amide bonds. The van der Waals surface area contributed by atoms with Gasteiger partial charge < -0.3 is 9.47 Å². The van der Waals surface area contributed by atoms with Crippen LogP contribution >= 0.6 is 0 Å². The molecule has 1 atom stereocenters. The monoisotopic (exact) mass is 449 g/mol. The lowest BCUT2D eigenvalue weighted by Gasteiger charge is -2.48. The minimum Gasteiger partial charge on any atom is -0.449 e. The molecule has 0 aromatic heterocycles. The fourth-order valence-corrected chi connectivity index (χ4v) is 5.46. The van der Waals surface area contributed by atoms with E-state index in [1.54, 1.807) is 0 Å². The summed E-state index contributed by atoms with van der Waals surface area (Å²) < 4.78 is 11.1. The summed E-state index contributed by atoms with van der Waals surface area (Å²) in [5, 5.41) is 17.9. The first-order valence-corrected chi connectivity index (χ1v) is 12.0. The molecule has 2 fully saturated rings. The molecule has 33 heavy (non-hydrogen) atoms. The number of hydrogen-bond acceptors (Lipinski definition) is 7. The average Bonchev–Trinajstić information content (AvgIpc) is 3.34. The van der Waals surface area contributed by atoms with E-state index in [4.69, 9.17) is 9.47 Å². The summed E-state index contributed by atoms with van der Waals surface area (Å²) in [4.78, 5) is 15.0. The predicted octanol–water partition coefficient (Wildman–Crippen LogP) is 5.00. The molecule has 174 valence electrons. The highest BCUT2D eigenvalue weighted by Crippen LogP contribution is 2.39. The SMILES string of the molecule is O=C(Nc1cccc2ccccc12)OCCC1N=NN=C1C1(N2CCOCC2)CCCCC1. The number of amides is 1. The Morgan fingerprint density at radius 1 is 1.09 bits per heavy atom. The highest BCUT2D eigenvalue weighted by Gasteiger charge is 2.47. The number of benzene rings is 2. The summed E-state index contributed by atoms with van der Waals surface area (Å²) in [5.41, 5.74) is 1.69. The van der Waals surface area contributed by atoms with Crippen LogP contribution in [-0.4, -0.2) is 61.2 Å². The van der Waals surface area contributed by atoms with Crippen molar-refractivity contribution in [1.29, 1.82) is 0 Å². The molecule has 2 aliphatic heterocycles. The Labute approximate surface area is 194 Å². The third-order valence-electron chi connectivity index (χ3n) is 7.08. The first-order valence-electron chi connectivity index (χ1n) is 12.0. The number of anilines is 1. The van der Waals surface area contributed by atoms with Crippen LogP contribution in [0.5, 0.6) is 0 Å². The van der Waals surface area contributed by atoms with E-state index < -0.39 is 6.09 Å². The van der Waals surface area contributed by atoms with Gasteiger partial charge >= 0.3 is 6.09 Å². The highest BCUT2D eigenvalue weighted by atomic mass is 16.5. The van der Waals surface area contributed by atoms with Gasteiger partial charge in [0.2, 0.25) is 0 Å². The van der Waals surface area contributed by atoms with Crippen molar-refractivity contribution in [2.45, 2.75) is 50.1 Å². The molecule has 3 aliphatic rings. The largest absolute Gasteiger partial charge is 0.449 e. The minimum absolute atomic E-state index is 0.0958. The first-order chi connectivity index (χ1) is 16.3. The number of hydrogen-bond donors (Lipinski definition) is 1. The zero-order valence-electron chi connectivity index (χ0n) is 18.9. The fourth-order valence-electron chi connectivity index (χ4n) is 5.46. The van der Waals surface area contributed by atoms with Crippen molar-refractivity contribution in [3.63, 3.8) is 0 Å². The quantitative estimate of drug-likeness (QED) is 0.672. The van der Waals surface area contributed by atoms with Gasteiger partial charge in [-0.3, -0.25) is 10.2 Å². The zero-order chi connectivity index (χ0) is 22.5. The van der Waals surface area contributed by atoms with E-state index in [0.29, 0.717) is 6.42 Å². The van der Waals surface area contributed by atoms with Crippen LogP contribution < -0.4 is 5.32 Å². The molecule has 1 N–H and O–H groups in total. The Morgan fingerprint density at radius 3 is 2.73 bits per heavy atom. The van der Waals surface area contributed by atoms with Crippen LogP contribution in [0, 0.1) is 0 Å². The summed E-state index contributed by atoms with van der Waals surface area (Å²) >= 11 is 0. The topological polar surface area (TPSA) is 87.9 Å². The molecule has 0 radical (unpaired) electrons. The third-order valence-corrected chi connectivity index (χ3v) is 7.08. The van der Waals surface area contributed by atoms with Gasteiger partial charge in [-0.1, -0.05) is 55.7 Å². The molecule has 2 heterocycles. The number of fused-ring (bicyclic) bond motifs is 1. The maximum absolute atomic E-state index is 12.5. The lowest BCUT2D eigenvalue weighted by atomic mass is 9.74. The predicted molar refractivity (Wildman–Crippen MR) is 128 cm³/mol. The summed E-state index contributed by atoms with van der Waals surface area (Å²) in [6, 6.07) is 13.6. The highest BCUT2D eigenvalue weighted by molar-refractivity contribution is 6.00. The van der Waals surface area contributed by atoms with Gasteiger partial charge in [0.05, 0.1) is 36.8 Å². The van der Waals surface area contributed by atoms with Crippen molar-refractivity contribution < 1.29 is 14.3 Å². The molecule has 0 bridgehead atoms. The molecule has 0 spiro atoms. The van der Waals surface area contributed by atoms with Crippen LogP contribution in [0.1, 0.15) is 38.5 Å². The molecular weight excluding hydrogens is 418 g/mol. The van der Waals surface area contributed by atoms with E-state index in [1.807, 2.05) is 42.5 Å². The summed E-state index contributed by atoms with van der Waals surface area (Å²) in [5.74, 6) is 0. The number of carbonyl (C=O) groups is 1. The van der Waals surface area contributed by atoms with E-state index in [1.165, 1.54) is 19.3 Å². The second kappa shape index (κ2) is 9.97. The van der Waals surface area contributed by atoms with E-state index >= 15 is 0 Å². The van der Waals surface area contributed by atoms with E-state index in [0.717, 1.165) is 61.3 Å².